The Balaban J connectivity index is 1.58. The fraction of sp³-hybridized carbons (Fsp3) is 0.0833. The molecule has 3 aromatic rings. The smallest absolute Gasteiger partial charge is 0.343 e. The van der Waals surface area contributed by atoms with E-state index in [1.54, 1.807) is 31.2 Å². The highest BCUT2D eigenvalue weighted by atomic mass is 35.5. The lowest BCUT2D eigenvalue weighted by Gasteiger charge is -2.10. The van der Waals surface area contributed by atoms with E-state index in [9.17, 15) is 24.5 Å². The summed E-state index contributed by atoms with van der Waals surface area (Å²) in [4.78, 5) is 46.7. The first kappa shape index (κ1) is 25.8. The van der Waals surface area contributed by atoms with E-state index in [0.29, 0.717) is 22.0 Å². The van der Waals surface area contributed by atoms with Gasteiger partial charge in [-0.05, 0) is 67.1 Å². The van der Waals surface area contributed by atoms with Crippen molar-refractivity contribution < 1.29 is 28.8 Å². The van der Waals surface area contributed by atoms with Crippen LogP contribution in [0.2, 0.25) is 5.02 Å². The third-order valence-corrected chi connectivity index (χ3v) is 4.97. The third-order valence-electron chi connectivity index (χ3n) is 4.74. The lowest BCUT2D eigenvalue weighted by Crippen LogP contribution is -2.33. The average Bonchev–Trinajstić information content (AvgIpc) is 2.87. The lowest BCUT2D eigenvalue weighted by molar-refractivity contribution is -0.384. The third kappa shape index (κ3) is 6.64. The summed E-state index contributed by atoms with van der Waals surface area (Å²) in [6.45, 7) is 1.61. The van der Waals surface area contributed by atoms with Crippen LogP contribution in [0.4, 0.5) is 11.4 Å². The number of benzene rings is 3. The van der Waals surface area contributed by atoms with Crippen molar-refractivity contribution in [3.05, 3.63) is 93.0 Å². The summed E-state index contributed by atoms with van der Waals surface area (Å²) in [6, 6.07) is 15.8. The number of non-ortho nitro benzene ring substituents is 1. The first-order valence-corrected chi connectivity index (χ1v) is 10.6. The minimum absolute atomic E-state index is 0.139. The molecule has 11 nitrogen and oxygen atoms in total. The van der Waals surface area contributed by atoms with E-state index in [-0.39, 0.29) is 22.7 Å². The molecule has 0 heterocycles. The minimum atomic E-state index is -1.01. The number of hydrazone groups is 1. The van der Waals surface area contributed by atoms with Gasteiger partial charge in [0.05, 0.1) is 29.0 Å². The molecule has 12 heteroatoms. The fourth-order valence-electron chi connectivity index (χ4n) is 2.86. The number of methoxy groups -OCH3 is 1. The van der Waals surface area contributed by atoms with E-state index >= 15 is 0 Å². The highest BCUT2D eigenvalue weighted by Gasteiger charge is 2.16. The number of nitro groups is 1. The normalized spacial score (nSPS) is 10.8. The molecule has 0 spiro atoms. The average molecular weight is 511 g/mol. The largest absolute Gasteiger partial charge is 0.495 e. The predicted octanol–water partition coefficient (Wildman–Crippen LogP) is 3.95. The van der Waals surface area contributed by atoms with E-state index in [1.807, 2.05) is 0 Å². The van der Waals surface area contributed by atoms with Gasteiger partial charge in [0.25, 0.3) is 5.69 Å². The van der Waals surface area contributed by atoms with Crippen molar-refractivity contribution >= 4 is 46.5 Å². The number of anilines is 1. The Kier molecular flexibility index (Phi) is 8.31. The maximum absolute atomic E-state index is 12.2. The Labute approximate surface area is 209 Å². The SMILES string of the molecule is COc1ccc(Cl)cc1NC(=O)C(=O)NN=C(C)c1ccc(OC(=O)c2ccc([N+](=O)[O-])cc2)cc1. The number of nitrogens with zero attached hydrogens (tertiary/aromatic N) is 2. The standard InChI is InChI=1S/C24H19ClN4O7/c1-14(27-28-23(31)22(30)26-20-13-17(25)7-12-21(20)35-2)15-5-10-19(11-6-15)36-24(32)16-3-8-18(9-4-16)29(33)34/h3-13H,1-2H3,(H,26,30)(H,28,31). The fourth-order valence-corrected chi connectivity index (χ4v) is 3.03. The van der Waals surface area contributed by atoms with Crippen LogP contribution in [-0.4, -0.2) is 35.5 Å². The number of esters is 1. The molecule has 36 heavy (non-hydrogen) atoms. The van der Waals surface area contributed by atoms with Gasteiger partial charge in [0, 0.05) is 17.2 Å². The van der Waals surface area contributed by atoms with Crippen LogP contribution < -0.4 is 20.2 Å². The highest BCUT2D eigenvalue weighted by molar-refractivity contribution is 6.40. The molecule has 3 aromatic carbocycles. The Morgan fingerprint density at radius 2 is 1.58 bits per heavy atom. The number of rotatable bonds is 7. The molecule has 0 atom stereocenters. The molecule has 0 bridgehead atoms. The molecule has 3 rings (SSSR count). The molecule has 0 fully saturated rings. The summed E-state index contributed by atoms with van der Waals surface area (Å²) < 4.78 is 10.4. The second-order valence-electron chi connectivity index (χ2n) is 7.15. The minimum Gasteiger partial charge on any atom is -0.495 e. The van der Waals surface area contributed by atoms with Gasteiger partial charge in [-0.15, -0.1) is 0 Å². The van der Waals surface area contributed by atoms with Gasteiger partial charge in [0.1, 0.15) is 11.5 Å². The van der Waals surface area contributed by atoms with Crippen LogP contribution in [0.1, 0.15) is 22.8 Å². The molecule has 184 valence electrons. The quantitative estimate of drug-likeness (QED) is 0.122. The number of amides is 2. The topological polar surface area (TPSA) is 149 Å². The van der Waals surface area contributed by atoms with Crippen molar-refractivity contribution in [1.82, 2.24) is 5.43 Å². The molecule has 0 aliphatic rings. The molecule has 0 unspecified atom stereocenters. The maximum Gasteiger partial charge on any atom is 0.343 e. The molecule has 0 saturated carbocycles. The lowest BCUT2D eigenvalue weighted by atomic mass is 10.1. The summed E-state index contributed by atoms with van der Waals surface area (Å²) in [5, 5.41) is 17.4. The molecule has 0 aliphatic carbocycles. The number of ether oxygens (including phenoxy) is 2. The molecular weight excluding hydrogens is 492 g/mol. The van der Waals surface area contributed by atoms with Crippen LogP contribution in [-0.2, 0) is 9.59 Å². The van der Waals surface area contributed by atoms with E-state index in [4.69, 9.17) is 21.1 Å². The van der Waals surface area contributed by atoms with Gasteiger partial charge < -0.3 is 14.8 Å². The summed E-state index contributed by atoms with van der Waals surface area (Å²) in [7, 11) is 1.41. The van der Waals surface area contributed by atoms with Crippen molar-refractivity contribution in [1.29, 1.82) is 0 Å². The summed E-state index contributed by atoms with van der Waals surface area (Å²) in [5.74, 6) is -2.10. The Hall–Kier alpha value is -4.77. The Bertz CT molecular complexity index is 1340. The zero-order valence-corrected chi connectivity index (χ0v) is 19.7. The van der Waals surface area contributed by atoms with Gasteiger partial charge >= 0.3 is 17.8 Å². The number of hydrogen-bond acceptors (Lipinski definition) is 8. The predicted molar refractivity (Wildman–Crippen MR) is 131 cm³/mol. The van der Waals surface area contributed by atoms with E-state index in [0.717, 1.165) is 0 Å². The summed E-state index contributed by atoms with van der Waals surface area (Å²) in [6.07, 6.45) is 0. The molecular formula is C24H19ClN4O7. The Morgan fingerprint density at radius 1 is 0.944 bits per heavy atom. The molecule has 2 amide bonds. The molecule has 0 aliphatic heterocycles. The van der Waals surface area contributed by atoms with Gasteiger partial charge in [0.2, 0.25) is 0 Å². The van der Waals surface area contributed by atoms with E-state index in [2.05, 4.69) is 15.8 Å². The molecule has 0 saturated heterocycles. The number of hydrogen-bond donors (Lipinski definition) is 2. The van der Waals surface area contributed by atoms with Crippen LogP contribution in [0.15, 0.2) is 71.8 Å². The van der Waals surface area contributed by atoms with Crippen LogP contribution in [0.3, 0.4) is 0 Å². The molecule has 0 aromatic heterocycles. The van der Waals surface area contributed by atoms with E-state index in [1.165, 1.54) is 49.6 Å². The number of carbonyl (C=O) groups is 3. The maximum atomic E-state index is 12.2. The second-order valence-corrected chi connectivity index (χ2v) is 7.59. The highest BCUT2D eigenvalue weighted by Crippen LogP contribution is 2.27. The van der Waals surface area contributed by atoms with Gasteiger partial charge in [-0.2, -0.15) is 5.10 Å². The second kappa shape index (κ2) is 11.6. The molecule has 0 radical (unpaired) electrons. The number of nitro benzene ring substituents is 1. The monoisotopic (exact) mass is 510 g/mol. The van der Waals surface area contributed by atoms with Crippen molar-refractivity contribution in [2.75, 3.05) is 12.4 Å². The van der Waals surface area contributed by atoms with Gasteiger partial charge in [0.15, 0.2) is 0 Å². The number of carbonyl (C=O) groups excluding carboxylic acids is 3. The van der Waals surface area contributed by atoms with Crippen molar-refractivity contribution in [2.24, 2.45) is 5.10 Å². The van der Waals surface area contributed by atoms with Crippen molar-refractivity contribution in [3.8, 4) is 11.5 Å². The summed E-state index contributed by atoms with van der Waals surface area (Å²) >= 11 is 5.91. The van der Waals surface area contributed by atoms with E-state index < -0.39 is 22.7 Å². The van der Waals surface area contributed by atoms with Crippen LogP contribution >= 0.6 is 11.6 Å². The number of nitrogens with one attached hydrogen (secondary N) is 2. The first-order chi connectivity index (χ1) is 17.2. The van der Waals surface area contributed by atoms with Crippen LogP contribution in [0.5, 0.6) is 11.5 Å². The van der Waals surface area contributed by atoms with Gasteiger partial charge in [-0.3, -0.25) is 19.7 Å². The van der Waals surface area contributed by atoms with Gasteiger partial charge in [-0.25, -0.2) is 10.2 Å². The summed E-state index contributed by atoms with van der Waals surface area (Å²) in [5.41, 5.74) is 3.37. The Morgan fingerprint density at radius 3 is 2.19 bits per heavy atom. The van der Waals surface area contributed by atoms with Gasteiger partial charge in [-0.1, -0.05) is 11.6 Å². The zero-order valence-electron chi connectivity index (χ0n) is 19.0. The number of halogens is 1. The molecule has 2 N–H and O–H groups in total. The zero-order chi connectivity index (χ0) is 26.2. The first-order valence-electron chi connectivity index (χ1n) is 10.2. The van der Waals surface area contributed by atoms with Crippen LogP contribution in [0.25, 0.3) is 0 Å². The van der Waals surface area contributed by atoms with Crippen molar-refractivity contribution in [2.45, 2.75) is 6.92 Å². The van der Waals surface area contributed by atoms with Crippen molar-refractivity contribution in [3.63, 3.8) is 0 Å². The van der Waals surface area contributed by atoms with Crippen LogP contribution in [0, 0.1) is 10.1 Å².